The van der Waals surface area contributed by atoms with Crippen LogP contribution in [0.5, 0.6) is 0 Å². The third-order valence-electron chi connectivity index (χ3n) is 6.40. The van der Waals surface area contributed by atoms with Gasteiger partial charge in [0.25, 0.3) is 11.8 Å². The Balaban J connectivity index is 1.85. The van der Waals surface area contributed by atoms with Crippen LogP contribution in [0.2, 0.25) is 0 Å². The maximum absolute atomic E-state index is 13.1. The molecule has 0 spiro atoms. The number of anilines is 1. The van der Waals surface area contributed by atoms with Crippen molar-refractivity contribution in [3.63, 3.8) is 0 Å². The number of fused-ring (bicyclic) bond motifs is 1. The fraction of sp³-hybridized carbons (Fsp3) is 0.500. The van der Waals surface area contributed by atoms with Gasteiger partial charge in [0, 0.05) is 36.6 Å². The average molecular weight is 565 g/mol. The molecule has 0 atom stereocenters. The van der Waals surface area contributed by atoms with E-state index in [1.54, 1.807) is 13.8 Å². The Hall–Kier alpha value is -2.80. The van der Waals surface area contributed by atoms with Crippen molar-refractivity contribution in [1.29, 1.82) is 0 Å². The van der Waals surface area contributed by atoms with Crippen LogP contribution >= 0.6 is 11.3 Å². The number of ether oxygens (including phenoxy) is 1. The number of hydrogen-bond donors (Lipinski definition) is 2. The van der Waals surface area contributed by atoms with Gasteiger partial charge in [-0.2, -0.15) is 4.31 Å². The summed E-state index contributed by atoms with van der Waals surface area (Å²) in [5.74, 6) is -1.11. The van der Waals surface area contributed by atoms with Crippen LogP contribution in [0, 0.1) is 0 Å². The summed E-state index contributed by atoms with van der Waals surface area (Å²) in [5.41, 5.74) is 1.32. The Morgan fingerprint density at radius 3 is 2.39 bits per heavy atom. The van der Waals surface area contributed by atoms with Crippen LogP contribution < -0.4 is 10.6 Å². The average Bonchev–Trinajstić information content (AvgIpc) is 3.26. The number of benzene rings is 1. The SMILES string of the molecule is CCCCN(CC)S(=O)(=O)c1ccc(C(=O)Nc2sc3c(c2C(=O)NC(=O)OCC)CCN(CC)C3)cc1. The van der Waals surface area contributed by atoms with E-state index in [0.29, 0.717) is 31.1 Å². The molecule has 208 valence electrons. The lowest BCUT2D eigenvalue weighted by Gasteiger charge is -2.25. The molecular weight excluding hydrogens is 528 g/mol. The zero-order valence-electron chi connectivity index (χ0n) is 22.3. The summed E-state index contributed by atoms with van der Waals surface area (Å²) in [6.07, 6.45) is 1.41. The fourth-order valence-corrected chi connectivity index (χ4v) is 7.03. The number of likely N-dealkylation sites (N-methyl/N-ethyl adjacent to an activating group) is 1. The first-order valence-electron chi connectivity index (χ1n) is 12.9. The highest BCUT2D eigenvalue weighted by atomic mass is 32.2. The number of rotatable bonds is 11. The van der Waals surface area contributed by atoms with Crippen molar-refractivity contribution in [3.8, 4) is 0 Å². The molecule has 0 fully saturated rings. The number of alkyl carbamates (subject to hydrolysis) is 1. The van der Waals surface area contributed by atoms with Gasteiger partial charge < -0.3 is 10.1 Å². The highest BCUT2D eigenvalue weighted by Gasteiger charge is 2.30. The third kappa shape index (κ3) is 6.79. The monoisotopic (exact) mass is 564 g/mol. The van der Waals surface area contributed by atoms with Crippen LogP contribution in [0.3, 0.4) is 0 Å². The molecule has 1 aromatic carbocycles. The van der Waals surface area contributed by atoms with Crippen LogP contribution in [0.4, 0.5) is 9.80 Å². The fourth-order valence-electron chi connectivity index (χ4n) is 4.26. The second kappa shape index (κ2) is 13.3. The maximum atomic E-state index is 13.1. The van der Waals surface area contributed by atoms with Crippen molar-refractivity contribution in [2.75, 3.05) is 38.1 Å². The minimum atomic E-state index is -3.67. The third-order valence-corrected chi connectivity index (χ3v) is 9.52. The van der Waals surface area contributed by atoms with Crippen molar-refractivity contribution in [1.82, 2.24) is 14.5 Å². The highest BCUT2D eigenvalue weighted by molar-refractivity contribution is 7.89. The van der Waals surface area contributed by atoms with Crippen molar-refractivity contribution in [2.24, 2.45) is 0 Å². The minimum absolute atomic E-state index is 0.118. The summed E-state index contributed by atoms with van der Waals surface area (Å²) >= 11 is 1.31. The van der Waals surface area contributed by atoms with Crippen molar-refractivity contribution in [2.45, 2.75) is 58.4 Å². The number of nitrogens with zero attached hydrogens (tertiary/aromatic N) is 2. The Morgan fingerprint density at radius 1 is 1.08 bits per heavy atom. The van der Waals surface area contributed by atoms with E-state index in [9.17, 15) is 22.8 Å². The number of carbonyl (C=O) groups excluding carboxylic acids is 3. The second-order valence-electron chi connectivity index (χ2n) is 8.83. The summed E-state index contributed by atoms with van der Waals surface area (Å²) in [5, 5.41) is 5.39. The lowest BCUT2D eigenvalue weighted by Crippen LogP contribution is -2.34. The molecule has 2 aromatic rings. The van der Waals surface area contributed by atoms with E-state index in [1.165, 1.54) is 39.9 Å². The topological polar surface area (TPSA) is 125 Å². The molecule has 3 rings (SSSR count). The molecular formula is C26H36N4O6S2. The standard InChI is InChI=1S/C26H36N4O6S2/c1-5-9-15-30(7-3)38(34,35)19-12-10-18(11-13-19)23(31)27-25-22(24(32)28-26(33)36-8-4)20-14-16-29(6-2)17-21(20)37-25/h10-13H,5-9,14-17H2,1-4H3,(H,27,31)(H,28,32,33). The van der Waals surface area contributed by atoms with Crippen LogP contribution in [-0.2, 0) is 27.7 Å². The highest BCUT2D eigenvalue weighted by Crippen LogP contribution is 2.37. The van der Waals surface area contributed by atoms with Gasteiger partial charge in [-0.25, -0.2) is 13.2 Å². The lowest BCUT2D eigenvalue weighted by molar-refractivity contribution is 0.0924. The smallest absolute Gasteiger partial charge is 0.414 e. The first-order chi connectivity index (χ1) is 18.2. The van der Waals surface area contributed by atoms with E-state index in [4.69, 9.17) is 4.74 Å². The molecule has 3 amide bonds. The van der Waals surface area contributed by atoms with E-state index < -0.39 is 27.9 Å². The molecule has 1 aliphatic rings. The molecule has 12 heteroatoms. The van der Waals surface area contributed by atoms with E-state index in [-0.39, 0.29) is 22.6 Å². The van der Waals surface area contributed by atoms with E-state index in [0.717, 1.165) is 36.4 Å². The van der Waals surface area contributed by atoms with Gasteiger partial charge in [0.1, 0.15) is 5.00 Å². The van der Waals surface area contributed by atoms with Crippen LogP contribution in [0.1, 0.15) is 71.7 Å². The van der Waals surface area contributed by atoms with Gasteiger partial charge in [-0.15, -0.1) is 11.3 Å². The Bertz CT molecular complexity index is 1260. The summed E-state index contributed by atoms with van der Waals surface area (Å²) < 4.78 is 32.3. The van der Waals surface area contributed by atoms with Gasteiger partial charge >= 0.3 is 6.09 Å². The summed E-state index contributed by atoms with van der Waals surface area (Å²) in [7, 11) is -3.67. The van der Waals surface area contributed by atoms with Gasteiger partial charge in [0.15, 0.2) is 0 Å². The van der Waals surface area contributed by atoms with E-state index in [2.05, 4.69) is 22.5 Å². The van der Waals surface area contributed by atoms with Crippen molar-refractivity contribution >= 4 is 44.3 Å². The zero-order chi connectivity index (χ0) is 27.9. The number of thiophene rings is 1. The maximum Gasteiger partial charge on any atom is 0.414 e. The molecule has 0 radical (unpaired) electrons. The number of carbonyl (C=O) groups is 3. The summed E-state index contributed by atoms with van der Waals surface area (Å²) in [6, 6.07) is 5.76. The van der Waals surface area contributed by atoms with Crippen LogP contribution in [-0.4, -0.2) is 68.3 Å². The molecule has 10 nitrogen and oxygen atoms in total. The zero-order valence-corrected chi connectivity index (χ0v) is 24.0. The molecule has 0 aliphatic carbocycles. The Morgan fingerprint density at radius 2 is 1.79 bits per heavy atom. The molecule has 0 saturated carbocycles. The Labute approximate surface area is 228 Å². The lowest BCUT2D eigenvalue weighted by atomic mass is 10.0. The molecule has 2 heterocycles. The molecule has 1 aromatic heterocycles. The van der Waals surface area contributed by atoms with Crippen LogP contribution in [0.25, 0.3) is 0 Å². The van der Waals surface area contributed by atoms with Crippen molar-refractivity contribution in [3.05, 3.63) is 45.8 Å². The normalized spacial score (nSPS) is 13.7. The number of imide groups is 1. The first-order valence-corrected chi connectivity index (χ1v) is 15.2. The number of amides is 3. The van der Waals surface area contributed by atoms with Gasteiger partial charge in [0.2, 0.25) is 10.0 Å². The van der Waals surface area contributed by atoms with Gasteiger partial charge in [-0.1, -0.05) is 27.2 Å². The summed E-state index contributed by atoms with van der Waals surface area (Å²) in [6.45, 7) is 10.7. The predicted molar refractivity (Wildman–Crippen MR) is 147 cm³/mol. The molecule has 0 unspecified atom stereocenters. The summed E-state index contributed by atoms with van der Waals surface area (Å²) in [4.78, 5) is 41.4. The van der Waals surface area contributed by atoms with E-state index >= 15 is 0 Å². The van der Waals surface area contributed by atoms with Gasteiger partial charge in [-0.3, -0.25) is 19.8 Å². The number of nitrogens with one attached hydrogen (secondary N) is 2. The largest absolute Gasteiger partial charge is 0.450 e. The second-order valence-corrected chi connectivity index (χ2v) is 11.9. The number of sulfonamides is 1. The quantitative estimate of drug-likeness (QED) is 0.421. The molecule has 2 N–H and O–H groups in total. The molecule has 0 saturated heterocycles. The Kier molecular flexibility index (Phi) is 10.4. The molecule has 1 aliphatic heterocycles. The first kappa shape index (κ1) is 29.8. The minimum Gasteiger partial charge on any atom is -0.450 e. The van der Waals surface area contributed by atoms with Gasteiger partial charge in [0.05, 0.1) is 17.1 Å². The van der Waals surface area contributed by atoms with Crippen LogP contribution in [0.15, 0.2) is 29.2 Å². The number of hydrogen-bond acceptors (Lipinski definition) is 8. The molecule has 0 bridgehead atoms. The van der Waals surface area contributed by atoms with Crippen molar-refractivity contribution < 1.29 is 27.5 Å². The predicted octanol–water partition coefficient (Wildman–Crippen LogP) is 4.08. The molecule has 38 heavy (non-hydrogen) atoms. The number of unbranched alkanes of at least 4 members (excludes halogenated alkanes) is 1. The van der Waals surface area contributed by atoms with E-state index in [1.807, 2.05) is 6.92 Å². The van der Waals surface area contributed by atoms with Gasteiger partial charge in [-0.05, 0) is 56.1 Å².